The number of amides is 2. The van der Waals surface area contributed by atoms with Gasteiger partial charge in [0.15, 0.2) is 0 Å². The van der Waals surface area contributed by atoms with Crippen LogP contribution in [0.3, 0.4) is 0 Å². The Hall–Kier alpha value is -2.34. The van der Waals surface area contributed by atoms with Crippen molar-refractivity contribution in [3.8, 4) is 11.5 Å². The number of hydrogen-bond donors (Lipinski definition) is 3. The van der Waals surface area contributed by atoms with Crippen molar-refractivity contribution in [1.82, 2.24) is 10.3 Å². The summed E-state index contributed by atoms with van der Waals surface area (Å²) in [7, 11) is 0. The van der Waals surface area contributed by atoms with E-state index in [4.69, 9.17) is 9.52 Å². The van der Waals surface area contributed by atoms with Crippen LogP contribution in [-0.4, -0.2) is 29.3 Å². The number of aliphatic hydroxyl groups is 1. The van der Waals surface area contributed by atoms with Crippen LogP contribution in [0.15, 0.2) is 34.9 Å². The van der Waals surface area contributed by atoms with Crippen molar-refractivity contribution >= 4 is 11.7 Å². The molecule has 2 amide bonds. The summed E-state index contributed by atoms with van der Waals surface area (Å²) in [6, 6.07) is 7.09. The molecule has 0 saturated heterocycles. The maximum Gasteiger partial charge on any atom is 0.319 e. The molecule has 0 aliphatic heterocycles. The van der Waals surface area contributed by atoms with Gasteiger partial charge >= 0.3 is 6.03 Å². The topological polar surface area (TPSA) is 87.4 Å². The Morgan fingerprint density at radius 1 is 1.25 bits per heavy atom. The van der Waals surface area contributed by atoms with Gasteiger partial charge in [-0.15, -0.1) is 0 Å². The van der Waals surface area contributed by atoms with Gasteiger partial charge < -0.3 is 20.2 Å². The summed E-state index contributed by atoms with van der Waals surface area (Å²) < 4.78 is 5.71. The van der Waals surface area contributed by atoms with E-state index in [1.807, 2.05) is 31.2 Å². The molecule has 0 radical (unpaired) electrons. The molecule has 3 N–H and O–H groups in total. The molecule has 6 nitrogen and oxygen atoms in total. The first-order chi connectivity index (χ1) is 11.5. The van der Waals surface area contributed by atoms with E-state index < -0.39 is 0 Å². The van der Waals surface area contributed by atoms with Crippen molar-refractivity contribution < 1.29 is 14.3 Å². The second-order valence-electron chi connectivity index (χ2n) is 6.25. The van der Waals surface area contributed by atoms with Crippen LogP contribution in [0.25, 0.3) is 11.5 Å². The van der Waals surface area contributed by atoms with E-state index in [0.717, 1.165) is 11.3 Å². The molecule has 2 aromatic rings. The van der Waals surface area contributed by atoms with Gasteiger partial charge in [0.2, 0.25) is 5.89 Å². The molecular weight excluding hydrogens is 306 g/mol. The van der Waals surface area contributed by atoms with Crippen LogP contribution < -0.4 is 10.6 Å². The van der Waals surface area contributed by atoms with Gasteiger partial charge in [-0.05, 0) is 36.6 Å². The average molecular weight is 331 g/mol. The van der Waals surface area contributed by atoms with Crippen LogP contribution in [0, 0.1) is 5.92 Å². The summed E-state index contributed by atoms with van der Waals surface area (Å²) in [4.78, 5) is 16.1. The number of benzene rings is 1. The van der Waals surface area contributed by atoms with Crippen LogP contribution in [0.5, 0.6) is 0 Å². The van der Waals surface area contributed by atoms with Crippen molar-refractivity contribution in [3.05, 3.63) is 36.2 Å². The van der Waals surface area contributed by atoms with Gasteiger partial charge in [0.25, 0.3) is 0 Å². The fourth-order valence-corrected chi connectivity index (χ4v) is 2.15. The van der Waals surface area contributed by atoms with Gasteiger partial charge in [-0.1, -0.05) is 20.8 Å². The normalized spacial score (nSPS) is 12.2. The molecule has 0 saturated carbocycles. The number of rotatable bonds is 7. The minimum Gasteiger partial charge on any atom is -0.441 e. The Labute approximate surface area is 142 Å². The molecule has 24 heavy (non-hydrogen) atoms. The van der Waals surface area contributed by atoms with Crippen LogP contribution in [0.4, 0.5) is 10.5 Å². The second-order valence-corrected chi connectivity index (χ2v) is 6.25. The molecule has 1 unspecified atom stereocenters. The number of urea groups is 1. The predicted octanol–water partition coefficient (Wildman–Crippen LogP) is 3.61. The summed E-state index contributed by atoms with van der Waals surface area (Å²) in [5, 5.41) is 14.4. The first-order valence-corrected chi connectivity index (χ1v) is 8.21. The lowest BCUT2D eigenvalue weighted by atomic mass is 10.1. The van der Waals surface area contributed by atoms with Gasteiger partial charge in [0.05, 0.1) is 6.20 Å². The van der Waals surface area contributed by atoms with E-state index in [1.54, 1.807) is 6.20 Å². The number of nitrogens with one attached hydrogen (secondary N) is 2. The Kier molecular flexibility index (Phi) is 6.37. The highest BCUT2D eigenvalue weighted by Gasteiger charge is 2.10. The third-order valence-electron chi connectivity index (χ3n) is 3.72. The lowest BCUT2D eigenvalue weighted by Gasteiger charge is -2.12. The molecule has 2 rings (SSSR count). The van der Waals surface area contributed by atoms with Crippen molar-refractivity contribution in [3.63, 3.8) is 0 Å². The smallest absolute Gasteiger partial charge is 0.319 e. The minimum atomic E-state index is -0.259. The highest BCUT2D eigenvalue weighted by atomic mass is 16.4. The molecule has 0 spiro atoms. The summed E-state index contributed by atoms with van der Waals surface area (Å²) in [5.74, 6) is 1.96. The molecule has 0 aliphatic carbocycles. The van der Waals surface area contributed by atoms with Crippen molar-refractivity contribution in [2.24, 2.45) is 5.92 Å². The summed E-state index contributed by atoms with van der Waals surface area (Å²) in [5.41, 5.74) is 1.56. The highest BCUT2D eigenvalue weighted by molar-refractivity contribution is 5.89. The average Bonchev–Trinajstić information content (AvgIpc) is 3.04. The number of aromatic nitrogens is 1. The third kappa shape index (κ3) is 5.09. The Bertz CT molecular complexity index is 650. The third-order valence-corrected chi connectivity index (χ3v) is 3.72. The van der Waals surface area contributed by atoms with Crippen LogP contribution in [0.2, 0.25) is 0 Å². The van der Waals surface area contributed by atoms with E-state index in [-0.39, 0.29) is 18.6 Å². The molecule has 0 bridgehead atoms. The van der Waals surface area contributed by atoms with E-state index >= 15 is 0 Å². The molecule has 0 fully saturated rings. The zero-order valence-corrected chi connectivity index (χ0v) is 14.4. The first kappa shape index (κ1) is 18.0. The zero-order chi connectivity index (χ0) is 17.5. The zero-order valence-electron chi connectivity index (χ0n) is 14.4. The molecule has 130 valence electrons. The quantitative estimate of drug-likeness (QED) is 0.723. The van der Waals surface area contributed by atoms with Gasteiger partial charge in [-0.25, -0.2) is 9.78 Å². The first-order valence-electron chi connectivity index (χ1n) is 8.21. The number of anilines is 1. The van der Waals surface area contributed by atoms with Crippen LogP contribution in [-0.2, 0) is 0 Å². The SMILES string of the molecule is CC(CCO)CNC(=O)Nc1ccc(-c2ncc(C(C)C)o2)cc1. The lowest BCUT2D eigenvalue weighted by Crippen LogP contribution is -2.32. The summed E-state index contributed by atoms with van der Waals surface area (Å²) >= 11 is 0. The molecule has 1 aromatic carbocycles. The van der Waals surface area contributed by atoms with E-state index in [1.165, 1.54) is 0 Å². The lowest BCUT2D eigenvalue weighted by molar-refractivity contribution is 0.243. The number of hydrogen-bond acceptors (Lipinski definition) is 4. The summed E-state index contributed by atoms with van der Waals surface area (Å²) in [6.45, 7) is 6.74. The monoisotopic (exact) mass is 331 g/mol. The van der Waals surface area contributed by atoms with Crippen LogP contribution in [0.1, 0.15) is 38.9 Å². The van der Waals surface area contributed by atoms with Gasteiger partial charge in [-0.2, -0.15) is 0 Å². The second kappa shape index (κ2) is 8.49. The van der Waals surface area contributed by atoms with E-state index in [0.29, 0.717) is 30.5 Å². The molecule has 0 aliphatic rings. The maximum atomic E-state index is 11.8. The van der Waals surface area contributed by atoms with E-state index in [9.17, 15) is 4.79 Å². The number of oxazole rings is 1. The van der Waals surface area contributed by atoms with Gasteiger partial charge in [-0.3, -0.25) is 0 Å². The number of aliphatic hydroxyl groups excluding tert-OH is 1. The molecule has 1 atom stereocenters. The maximum absolute atomic E-state index is 11.8. The fraction of sp³-hybridized carbons (Fsp3) is 0.444. The fourth-order valence-electron chi connectivity index (χ4n) is 2.15. The molecule has 6 heteroatoms. The Morgan fingerprint density at radius 2 is 1.96 bits per heavy atom. The highest BCUT2D eigenvalue weighted by Crippen LogP contribution is 2.24. The van der Waals surface area contributed by atoms with Crippen molar-refractivity contribution in [2.45, 2.75) is 33.1 Å². The van der Waals surface area contributed by atoms with Gasteiger partial charge in [0, 0.05) is 30.3 Å². The molecular formula is C18H25N3O3. The van der Waals surface area contributed by atoms with E-state index in [2.05, 4.69) is 29.5 Å². The van der Waals surface area contributed by atoms with Crippen molar-refractivity contribution in [1.29, 1.82) is 0 Å². The van der Waals surface area contributed by atoms with Crippen molar-refractivity contribution in [2.75, 3.05) is 18.5 Å². The number of carbonyl (C=O) groups excluding carboxylic acids is 1. The Morgan fingerprint density at radius 3 is 2.54 bits per heavy atom. The standard InChI is InChI=1S/C18H25N3O3/c1-12(2)16-11-19-17(24-16)14-4-6-15(7-5-14)21-18(23)20-10-13(3)8-9-22/h4-7,11-13,22H,8-10H2,1-3H3,(H2,20,21,23). The Balaban J connectivity index is 1.90. The van der Waals surface area contributed by atoms with Crippen LogP contribution >= 0.6 is 0 Å². The largest absolute Gasteiger partial charge is 0.441 e. The number of nitrogens with zero attached hydrogens (tertiary/aromatic N) is 1. The molecule has 1 aromatic heterocycles. The summed E-state index contributed by atoms with van der Waals surface area (Å²) in [6.07, 6.45) is 2.41. The number of carbonyl (C=O) groups is 1. The predicted molar refractivity (Wildman–Crippen MR) is 93.9 cm³/mol. The van der Waals surface area contributed by atoms with Gasteiger partial charge in [0.1, 0.15) is 5.76 Å². The molecule has 1 heterocycles. The minimum absolute atomic E-state index is 0.130.